The first-order valence-corrected chi connectivity index (χ1v) is 13.5. The maximum absolute atomic E-state index is 12.0. The van der Waals surface area contributed by atoms with Crippen LogP contribution >= 0.6 is 0 Å². The lowest BCUT2D eigenvalue weighted by molar-refractivity contribution is -0.0953. The zero-order chi connectivity index (χ0) is 24.5. The molecule has 2 aliphatic heterocycles. The van der Waals surface area contributed by atoms with Crippen LogP contribution < -0.4 is 10.6 Å². The number of nitrogens with zero attached hydrogens (tertiary/aromatic N) is 5. The molecule has 10 nitrogen and oxygen atoms in total. The minimum absolute atomic E-state index is 0.101. The molecule has 11 heteroatoms. The molecule has 0 aromatic carbocycles. The topological polar surface area (TPSA) is 122 Å². The molecule has 2 N–H and O–H groups in total. The zero-order valence-electron chi connectivity index (χ0n) is 19.8. The number of rotatable bonds is 7. The molecule has 3 aromatic rings. The molecule has 0 unspecified atom stereocenters. The maximum Gasteiger partial charge on any atom is 0.179 e. The molecule has 0 amide bonds. The molecule has 0 aliphatic carbocycles. The predicted molar refractivity (Wildman–Crippen MR) is 133 cm³/mol. The highest BCUT2D eigenvalue weighted by molar-refractivity contribution is 7.90. The second kappa shape index (κ2) is 9.48. The van der Waals surface area contributed by atoms with Crippen molar-refractivity contribution in [2.24, 2.45) is 5.41 Å². The summed E-state index contributed by atoms with van der Waals surface area (Å²) in [5.41, 5.74) is 1.61. The average Bonchev–Trinajstić information content (AvgIpc) is 2.83. The Bertz CT molecular complexity index is 1290. The Morgan fingerprint density at radius 2 is 1.74 bits per heavy atom. The molecule has 1 atom stereocenters. The Morgan fingerprint density at radius 1 is 1.00 bits per heavy atom. The first kappa shape index (κ1) is 23.6. The van der Waals surface area contributed by atoms with E-state index in [1.807, 2.05) is 12.3 Å². The molecule has 3 aromatic heterocycles. The van der Waals surface area contributed by atoms with Gasteiger partial charge < -0.3 is 15.4 Å². The van der Waals surface area contributed by atoms with E-state index in [1.54, 1.807) is 12.1 Å². The summed E-state index contributed by atoms with van der Waals surface area (Å²) in [6.45, 7) is 6.22. The Morgan fingerprint density at radius 3 is 2.43 bits per heavy atom. The van der Waals surface area contributed by atoms with E-state index in [0.717, 1.165) is 45.4 Å². The molecule has 0 saturated carbocycles. The number of aromatic nitrogens is 4. The van der Waals surface area contributed by atoms with Crippen molar-refractivity contribution in [3.63, 3.8) is 0 Å². The van der Waals surface area contributed by atoms with Gasteiger partial charge in [-0.1, -0.05) is 6.07 Å². The van der Waals surface area contributed by atoms with E-state index in [2.05, 4.69) is 48.5 Å². The van der Waals surface area contributed by atoms with Gasteiger partial charge in [0, 0.05) is 62.5 Å². The van der Waals surface area contributed by atoms with Gasteiger partial charge in [-0.05, 0) is 43.5 Å². The summed E-state index contributed by atoms with van der Waals surface area (Å²) in [6, 6.07) is 9.08. The van der Waals surface area contributed by atoms with E-state index in [-0.39, 0.29) is 10.7 Å². The first-order chi connectivity index (χ1) is 16.8. The molecule has 5 heterocycles. The van der Waals surface area contributed by atoms with E-state index >= 15 is 0 Å². The van der Waals surface area contributed by atoms with Crippen molar-refractivity contribution in [2.45, 2.75) is 30.7 Å². The van der Waals surface area contributed by atoms with Crippen molar-refractivity contribution in [1.29, 1.82) is 0 Å². The van der Waals surface area contributed by atoms with Gasteiger partial charge in [0.05, 0.1) is 0 Å². The number of anilines is 4. The highest BCUT2D eigenvalue weighted by atomic mass is 32.2. The number of sulfone groups is 1. The van der Waals surface area contributed by atoms with Gasteiger partial charge in [0.2, 0.25) is 0 Å². The van der Waals surface area contributed by atoms with Crippen molar-refractivity contribution < 1.29 is 13.2 Å². The Labute approximate surface area is 205 Å². The highest BCUT2D eigenvalue weighted by Gasteiger charge is 2.45. The quantitative estimate of drug-likeness (QED) is 0.505. The van der Waals surface area contributed by atoms with Crippen LogP contribution in [0.15, 0.2) is 53.9 Å². The lowest BCUT2D eigenvalue weighted by Gasteiger charge is -2.54. The number of hydrogen-bond acceptors (Lipinski definition) is 10. The molecule has 2 saturated heterocycles. The third kappa shape index (κ3) is 5.26. The zero-order valence-corrected chi connectivity index (χ0v) is 20.6. The normalized spacial score (nSPS) is 18.6. The number of pyridine rings is 2. The summed E-state index contributed by atoms with van der Waals surface area (Å²) < 4.78 is 29.6. The van der Waals surface area contributed by atoms with Gasteiger partial charge in [0.15, 0.2) is 9.84 Å². The Hall–Kier alpha value is -3.15. The molecule has 5 rings (SSSR count). The summed E-state index contributed by atoms with van der Waals surface area (Å²) >= 11 is 0. The molecule has 2 fully saturated rings. The summed E-state index contributed by atoms with van der Waals surface area (Å²) in [7, 11) is -3.44. The summed E-state index contributed by atoms with van der Waals surface area (Å²) in [5.74, 6) is 1.81. The predicted octanol–water partition coefficient (Wildman–Crippen LogP) is 3.33. The minimum Gasteiger partial charge on any atom is -0.381 e. The number of likely N-dealkylation sites (tertiary alicyclic amines) is 1. The Kier molecular flexibility index (Phi) is 6.39. The Balaban J connectivity index is 1.23. The van der Waals surface area contributed by atoms with Crippen LogP contribution in [0.25, 0.3) is 0 Å². The number of hydrogen-bond donors (Lipinski definition) is 2. The van der Waals surface area contributed by atoms with Crippen LogP contribution in [0, 0.1) is 5.41 Å². The molecule has 0 bridgehead atoms. The van der Waals surface area contributed by atoms with E-state index in [1.165, 1.54) is 24.2 Å². The van der Waals surface area contributed by atoms with Gasteiger partial charge in [-0.25, -0.2) is 28.4 Å². The number of ether oxygens (including phenoxy) is 1. The van der Waals surface area contributed by atoms with Gasteiger partial charge in [-0.3, -0.25) is 4.90 Å². The maximum atomic E-state index is 12.0. The molecule has 35 heavy (non-hydrogen) atoms. The van der Waals surface area contributed by atoms with Crippen LogP contribution in [-0.4, -0.2) is 65.8 Å². The second-order valence-corrected chi connectivity index (χ2v) is 11.3. The molecule has 184 valence electrons. The van der Waals surface area contributed by atoms with Gasteiger partial charge in [-0.2, -0.15) is 0 Å². The van der Waals surface area contributed by atoms with Crippen molar-refractivity contribution in [3.8, 4) is 0 Å². The van der Waals surface area contributed by atoms with Gasteiger partial charge >= 0.3 is 0 Å². The molecule has 2 aliphatic rings. The van der Waals surface area contributed by atoms with Crippen molar-refractivity contribution in [2.75, 3.05) is 43.2 Å². The molecular weight excluding hydrogens is 466 g/mol. The standard InChI is InChI=1S/C24H29N7O3S/c1-17(31-14-24(15-31)7-10-34-11-8-24)18-5-6-20(26-13-18)29-21-12-22(28-16-27-21)30-23-19(35(2,32)33)4-3-9-25-23/h3-6,9,12-13,16-17H,7-8,10-11,14-15H2,1-2H3,(H2,25,26,27,28,29,30)/t17-/m0/s1. The van der Waals surface area contributed by atoms with Crippen LogP contribution in [0.2, 0.25) is 0 Å². The fourth-order valence-corrected chi connectivity index (χ4v) is 5.46. The van der Waals surface area contributed by atoms with Crippen LogP contribution in [0.5, 0.6) is 0 Å². The molecule has 1 spiro atoms. The minimum atomic E-state index is -3.44. The molecule has 0 radical (unpaired) electrons. The second-order valence-electron chi connectivity index (χ2n) is 9.33. The van der Waals surface area contributed by atoms with Crippen LogP contribution in [0.4, 0.5) is 23.3 Å². The van der Waals surface area contributed by atoms with E-state index in [9.17, 15) is 8.42 Å². The lowest BCUT2D eigenvalue weighted by atomic mass is 9.72. The fourth-order valence-electron chi connectivity index (χ4n) is 4.68. The monoisotopic (exact) mass is 495 g/mol. The van der Waals surface area contributed by atoms with Gasteiger partial charge in [0.1, 0.15) is 34.5 Å². The van der Waals surface area contributed by atoms with E-state index in [0.29, 0.717) is 28.9 Å². The summed E-state index contributed by atoms with van der Waals surface area (Å²) in [4.78, 5) is 19.7. The molecular formula is C24H29N7O3S. The highest BCUT2D eigenvalue weighted by Crippen LogP contribution is 2.43. The van der Waals surface area contributed by atoms with Gasteiger partial charge in [-0.15, -0.1) is 0 Å². The van der Waals surface area contributed by atoms with E-state index < -0.39 is 9.84 Å². The third-order valence-electron chi connectivity index (χ3n) is 6.79. The first-order valence-electron chi connectivity index (χ1n) is 11.6. The fraction of sp³-hybridized carbons (Fsp3) is 0.417. The largest absolute Gasteiger partial charge is 0.381 e. The van der Waals surface area contributed by atoms with Crippen LogP contribution in [0.3, 0.4) is 0 Å². The van der Waals surface area contributed by atoms with Gasteiger partial charge in [0.25, 0.3) is 0 Å². The van der Waals surface area contributed by atoms with Crippen LogP contribution in [0.1, 0.15) is 31.4 Å². The average molecular weight is 496 g/mol. The van der Waals surface area contributed by atoms with Crippen molar-refractivity contribution in [1.82, 2.24) is 24.8 Å². The summed E-state index contributed by atoms with van der Waals surface area (Å²) in [6.07, 6.45) is 8.26. The smallest absolute Gasteiger partial charge is 0.179 e. The number of nitrogens with one attached hydrogen (secondary N) is 2. The van der Waals surface area contributed by atoms with Crippen molar-refractivity contribution >= 4 is 33.1 Å². The van der Waals surface area contributed by atoms with E-state index in [4.69, 9.17) is 4.74 Å². The van der Waals surface area contributed by atoms with Crippen molar-refractivity contribution in [3.05, 3.63) is 54.6 Å². The van der Waals surface area contributed by atoms with Crippen LogP contribution in [-0.2, 0) is 14.6 Å². The third-order valence-corrected chi connectivity index (χ3v) is 7.92. The lowest BCUT2D eigenvalue weighted by Crippen LogP contribution is -2.58. The SMILES string of the molecule is C[C@@H](c1ccc(Nc2cc(Nc3ncccc3S(C)(=O)=O)ncn2)nc1)N1CC2(CCOCC2)C1. The summed E-state index contributed by atoms with van der Waals surface area (Å²) in [5, 5.41) is 6.14.